The average molecular weight is 385 g/mol. The van der Waals surface area contributed by atoms with E-state index in [9.17, 15) is 9.18 Å². The van der Waals surface area contributed by atoms with Gasteiger partial charge in [0.25, 0.3) is 5.56 Å². The molecule has 1 aliphatic carbocycles. The number of halogens is 1. The lowest BCUT2D eigenvalue weighted by Gasteiger charge is -2.38. The molecule has 0 radical (unpaired) electrons. The summed E-state index contributed by atoms with van der Waals surface area (Å²) in [7, 11) is 0. The van der Waals surface area contributed by atoms with E-state index >= 15 is 0 Å². The molecule has 0 atom stereocenters. The summed E-state index contributed by atoms with van der Waals surface area (Å²) in [5.74, 6) is -0.306. The van der Waals surface area contributed by atoms with Crippen molar-refractivity contribution in [3.05, 3.63) is 88.6 Å². The zero-order valence-electron chi connectivity index (χ0n) is 15.8. The van der Waals surface area contributed by atoms with Crippen LogP contribution in [-0.4, -0.2) is 9.97 Å². The molecule has 1 fully saturated rings. The highest BCUT2D eigenvalue weighted by atomic mass is 19.1. The first-order chi connectivity index (χ1) is 14.0. The fourth-order valence-electron chi connectivity index (χ4n) is 3.99. The van der Waals surface area contributed by atoms with Crippen LogP contribution in [0.15, 0.2) is 71.7 Å². The molecular formula is C24H20FN3O. The average Bonchev–Trinajstić information content (AvgIpc) is 2.72. The first kappa shape index (κ1) is 17.8. The number of nitrogens with one attached hydrogen (secondary N) is 1. The van der Waals surface area contributed by atoms with Gasteiger partial charge >= 0.3 is 0 Å². The summed E-state index contributed by atoms with van der Waals surface area (Å²) in [5, 5.41) is 0.502. The summed E-state index contributed by atoms with van der Waals surface area (Å²) in [6.07, 6.45) is 4.76. The second-order valence-electron chi connectivity index (χ2n) is 7.72. The number of aromatic nitrogens is 2. The van der Waals surface area contributed by atoms with E-state index in [1.807, 2.05) is 18.2 Å². The Morgan fingerprint density at radius 1 is 0.966 bits per heavy atom. The van der Waals surface area contributed by atoms with Crippen LogP contribution in [0.4, 0.5) is 4.39 Å². The van der Waals surface area contributed by atoms with Gasteiger partial charge in [0.05, 0.1) is 16.6 Å². The number of rotatable bonds is 3. The van der Waals surface area contributed by atoms with Crippen molar-refractivity contribution in [2.75, 3.05) is 0 Å². The van der Waals surface area contributed by atoms with Gasteiger partial charge in [0, 0.05) is 22.9 Å². The first-order valence-electron chi connectivity index (χ1n) is 9.72. The third-order valence-corrected chi connectivity index (χ3v) is 5.89. The van der Waals surface area contributed by atoms with E-state index in [0.717, 1.165) is 47.2 Å². The van der Waals surface area contributed by atoms with Gasteiger partial charge in [-0.3, -0.25) is 4.79 Å². The third-order valence-electron chi connectivity index (χ3n) is 5.89. The van der Waals surface area contributed by atoms with E-state index in [1.54, 1.807) is 24.4 Å². The molecule has 4 aromatic rings. The van der Waals surface area contributed by atoms with E-state index in [1.165, 1.54) is 12.1 Å². The molecule has 5 rings (SSSR count). The highest BCUT2D eigenvalue weighted by Crippen LogP contribution is 2.40. The molecule has 0 aliphatic heterocycles. The normalized spacial score (nSPS) is 15.2. The van der Waals surface area contributed by atoms with Crippen molar-refractivity contribution < 1.29 is 4.39 Å². The van der Waals surface area contributed by atoms with Crippen LogP contribution in [0.3, 0.4) is 0 Å². The zero-order chi connectivity index (χ0) is 20.0. The van der Waals surface area contributed by atoms with Crippen molar-refractivity contribution in [2.24, 2.45) is 5.73 Å². The van der Waals surface area contributed by atoms with Crippen molar-refractivity contribution in [1.29, 1.82) is 0 Å². The lowest BCUT2D eigenvalue weighted by molar-refractivity contribution is 0.253. The molecule has 2 aromatic carbocycles. The fraction of sp³-hybridized carbons (Fsp3) is 0.167. The van der Waals surface area contributed by atoms with E-state index in [-0.39, 0.29) is 16.9 Å². The number of hydrogen-bond acceptors (Lipinski definition) is 3. The predicted molar refractivity (Wildman–Crippen MR) is 113 cm³/mol. The number of hydrogen-bond donors (Lipinski definition) is 2. The Labute approximate surface area is 167 Å². The van der Waals surface area contributed by atoms with Gasteiger partial charge in [-0.05, 0) is 54.7 Å². The van der Waals surface area contributed by atoms with Crippen LogP contribution >= 0.6 is 0 Å². The van der Waals surface area contributed by atoms with Gasteiger partial charge in [-0.1, -0.05) is 36.4 Å². The zero-order valence-corrected chi connectivity index (χ0v) is 15.8. The van der Waals surface area contributed by atoms with Gasteiger partial charge in [-0.2, -0.15) is 0 Å². The van der Waals surface area contributed by atoms with Gasteiger partial charge in [-0.15, -0.1) is 0 Å². The maximum absolute atomic E-state index is 13.5. The van der Waals surface area contributed by atoms with Gasteiger partial charge in [-0.25, -0.2) is 9.37 Å². The quantitative estimate of drug-likeness (QED) is 0.535. The Morgan fingerprint density at radius 2 is 1.66 bits per heavy atom. The van der Waals surface area contributed by atoms with E-state index in [2.05, 4.69) is 17.1 Å². The van der Waals surface area contributed by atoms with E-state index < -0.39 is 0 Å². The maximum Gasteiger partial charge on any atom is 0.257 e. The Morgan fingerprint density at radius 3 is 2.31 bits per heavy atom. The molecule has 2 aromatic heterocycles. The van der Waals surface area contributed by atoms with Crippen molar-refractivity contribution >= 4 is 10.9 Å². The molecule has 0 spiro atoms. The van der Waals surface area contributed by atoms with Gasteiger partial charge in [0.2, 0.25) is 0 Å². The summed E-state index contributed by atoms with van der Waals surface area (Å²) in [5.41, 5.74) is 11.1. The summed E-state index contributed by atoms with van der Waals surface area (Å²) < 4.78 is 13.5. The molecule has 0 unspecified atom stereocenters. The van der Waals surface area contributed by atoms with Gasteiger partial charge in [0.1, 0.15) is 5.82 Å². The Bertz CT molecular complexity index is 1260. The SMILES string of the molecule is NC1(c2ccc(-c3nc4cc[nH]c(=O)c4cc3-c3ccc(F)cc3)cc2)CCC1. The molecule has 0 saturated heterocycles. The van der Waals surface area contributed by atoms with Crippen molar-refractivity contribution in [2.45, 2.75) is 24.8 Å². The highest BCUT2D eigenvalue weighted by Gasteiger charge is 2.34. The van der Waals surface area contributed by atoms with Gasteiger partial charge < -0.3 is 10.7 Å². The number of nitrogens with zero attached hydrogens (tertiary/aromatic N) is 1. The fourth-order valence-corrected chi connectivity index (χ4v) is 3.99. The predicted octanol–water partition coefficient (Wildman–Crippen LogP) is 4.73. The third kappa shape index (κ3) is 3.04. The van der Waals surface area contributed by atoms with Crippen LogP contribution < -0.4 is 11.3 Å². The van der Waals surface area contributed by atoms with Crippen LogP contribution in [0, 0.1) is 5.82 Å². The van der Waals surface area contributed by atoms with Crippen LogP contribution in [0.25, 0.3) is 33.3 Å². The molecule has 1 aliphatic rings. The number of fused-ring (bicyclic) bond motifs is 1. The second kappa shape index (κ2) is 6.64. The van der Waals surface area contributed by atoms with Crippen molar-refractivity contribution in [1.82, 2.24) is 9.97 Å². The molecule has 0 amide bonds. The van der Waals surface area contributed by atoms with Crippen molar-refractivity contribution in [3.8, 4) is 22.4 Å². The molecule has 29 heavy (non-hydrogen) atoms. The minimum Gasteiger partial charge on any atom is -0.328 e. The van der Waals surface area contributed by atoms with E-state index in [4.69, 9.17) is 10.7 Å². The first-order valence-corrected chi connectivity index (χ1v) is 9.72. The van der Waals surface area contributed by atoms with Gasteiger partial charge in [0.15, 0.2) is 0 Å². The Kier molecular flexibility index (Phi) is 4.07. The topological polar surface area (TPSA) is 71.8 Å². The number of nitrogens with two attached hydrogens (primary N) is 1. The minimum atomic E-state index is -0.306. The number of aromatic amines is 1. The smallest absolute Gasteiger partial charge is 0.257 e. The lowest BCUT2D eigenvalue weighted by Crippen LogP contribution is -2.43. The highest BCUT2D eigenvalue weighted by molar-refractivity contribution is 5.91. The molecular weight excluding hydrogens is 365 g/mol. The van der Waals surface area contributed by atoms with Crippen molar-refractivity contribution in [3.63, 3.8) is 0 Å². The largest absolute Gasteiger partial charge is 0.328 e. The number of H-pyrrole nitrogens is 1. The summed E-state index contributed by atoms with van der Waals surface area (Å²) in [6, 6.07) is 18.0. The standard InChI is InChI=1S/C24H20FN3O/c25-18-8-4-15(5-9-18)19-14-20-21(10-13-27-23(20)29)28-22(19)16-2-6-17(7-3-16)24(26)11-1-12-24/h2-10,13-14H,1,11-12,26H2,(H,27,29). The van der Waals surface area contributed by atoms with Crippen LogP contribution in [0.1, 0.15) is 24.8 Å². The molecule has 2 heterocycles. The van der Waals surface area contributed by atoms with Crippen LogP contribution in [0.2, 0.25) is 0 Å². The summed E-state index contributed by atoms with van der Waals surface area (Å²) in [4.78, 5) is 19.8. The second-order valence-corrected chi connectivity index (χ2v) is 7.72. The monoisotopic (exact) mass is 385 g/mol. The molecule has 0 bridgehead atoms. The molecule has 3 N–H and O–H groups in total. The minimum absolute atomic E-state index is 0.199. The molecule has 4 nitrogen and oxygen atoms in total. The summed E-state index contributed by atoms with van der Waals surface area (Å²) in [6.45, 7) is 0. The van der Waals surface area contributed by atoms with Crippen LogP contribution in [-0.2, 0) is 5.54 Å². The molecule has 5 heteroatoms. The van der Waals surface area contributed by atoms with E-state index in [0.29, 0.717) is 10.9 Å². The number of benzene rings is 2. The lowest BCUT2D eigenvalue weighted by atomic mass is 9.72. The summed E-state index contributed by atoms with van der Waals surface area (Å²) >= 11 is 0. The number of pyridine rings is 2. The van der Waals surface area contributed by atoms with Crippen LogP contribution in [0.5, 0.6) is 0 Å². The molecule has 144 valence electrons. The Hall–Kier alpha value is -3.31. The Balaban J connectivity index is 1.70. The maximum atomic E-state index is 13.5. The molecule has 1 saturated carbocycles.